The van der Waals surface area contributed by atoms with E-state index in [1.807, 2.05) is 42.5 Å². The number of rotatable bonds is 1. The third-order valence-electron chi connectivity index (χ3n) is 2.74. The van der Waals surface area contributed by atoms with E-state index < -0.39 is 0 Å². The van der Waals surface area contributed by atoms with E-state index in [2.05, 4.69) is 4.98 Å². The lowest BCUT2D eigenvalue weighted by Crippen LogP contribution is -1.97. The normalized spacial score (nSPS) is 13.5. The Morgan fingerprint density at radius 2 is 1.69 bits per heavy atom. The minimum Gasteiger partial charge on any atom is -0.289 e. The van der Waals surface area contributed by atoms with Gasteiger partial charge in [0.25, 0.3) is 0 Å². The van der Waals surface area contributed by atoms with Gasteiger partial charge in [0.2, 0.25) is 0 Å². The Labute approximate surface area is 93.3 Å². The number of allylic oxidation sites excluding steroid dienone is 1. The second-order valence-corrected chi connectivity index (χ2v) is 3.71. The average Bonchev–Trinajstić information content (AvgIpc) is 2.69. The number of pyridine rings is 1. The summed E-state index contributed by atoms with van der Waals surface area (Å²) in [5.41, 5.74) is 3.47. The van der Waals surface area contributed by atoms with E-state index in [0.717, 1.165) is 22.3 Å². The molecular weight excluding hydrogens is 198 g/mol. The number of Topliss-reactive ketones (excluding diaryl/α,β-unsaturated/α-hetero) is 1. The van der Waals surface area contributed by atoms with Crippen molar-refractivity contribution in [3.05, 3.63) is 65.5 Å². The summed E-state index contributed by atoms with van der Waals surface area (Å²) in [5, 5.41) is 0. The van der Waals surface area contributed by atoms with Crippen molar-refractivity contribution in [2.24, 2.45) is 0 Å². The van der Waals surface area contributed by atoms with E-state index in [1.165, 1.54) is 0 Å². The Morgan fingerprint density at radius 3 is 2.44 bits per heavy atom. The summed E-state index contributed by atoms with van der Waals surface area (Å²) in [6, 6.07) is 11.4. The van der Waals surface area contributed by atoms with Gasteiger partial charge in [-0.25, -0.2) is 0 Å². The maximum atomic E-state index is 12.1. The van der Waals surface area contributed by atoms with Gasteiger partial charge in [0.1, 0.15) is 0 Å². The second kappa shape index (κ2) is 3.42. The molecule has 3 rings (SSSR count). The van der Waals surface area contributed by atoms with Crippen molar-refractivity contribution in [3.8, 4) is 0 Å². The van der Waals surface area contributed by atoms with Gasteiger partial charge < -0.3 is 0 Å². The number of carbonyl (C=O) groups is 1. The van der Waals surface area contributed by atoms with Crippen molar-refractivity contribution < 1.29 is 4.79 Å². The fraction of sp³-hybridized carbons (Fsp3) is 0. The first kappa shape index (κ1) is 9.04. The molecule has 0 saturated heterocycles. The predicted molar refractivity (Wildman–Crippen MR) is 62.9 cm³/mol. The predicted octanol–water partition coefficient (Wildman–Crippen LogP) is 2.82. The number of hydrogen-bond donors (Lipinski definition) is 0. The number of carbonyl (C=O) groups excluding carboxylic acids is 1. The molecular formula is C14H9NO. The van der Waals surface area contributed by atoms with Gasteiger partial charge in [-0.3, -0.25) is 9.78 Å². The summed E-state index contributed by atoms with van der Waals surface area (Å²) in [5.74, 6) is 0.0989. The molecule has 0 bridgehead atoms. The molecule has 0 atom stereocenters. The molecule has 2 heteroatoms. The maximum absolute atomic E-state index is 12.1. The fourth-order valence-corrected chi connectivity index (χ4v) is 1.94. The van der Waals surface area contributed by atoms with Crippen LogP contribution in [0.25, 0.3) is 11.6 Å². The smallest absolute Gasteiger partial charge is 0.194 e. The van der Waals surface area contributed by atoms with E-state index in [9.17, 15) is 4.79 Å². The van der Waals surface area contributed by atoms with E-state index in [0.29, 0.717) is 0 Å². The van der Waals surface area contributed by atoms with Crippen LogP contribution < -0.4 is 0 Å². The molecule has 0 saturated carbocycles. The number of benzene rings is 1. The van der Waals surface area contributed by atoms with Crippen LogP contribution in [0.2, 0.25) is 0 Å². The van der Waals surface area contributed by atoms with Crippen molar-refractivity contribution in [3.63, 3.8) is 0 Å². The zero-order chi connectivity index (χ0) is 11.0. The summed E-state index contributed by atoms with van der Waals surface area (Å²) in [7, 11) is 0. The van der Waals surface area contributed by atoms with Crippen LogP contribution in [-0.2, 0) is 0 Å². The van der Waals surface area contributed by atoms with Gasteiger partial charge >= 0.3 is 0 Å². The molecule has 2 aromatic rings. The van der Waals surface area contributed by atoms with Crippen LogP contribution in [0.4, 0.5) is 0 Å². The van der Waals surface area contributed by atoms with Crippen LogP contribution in [0.1, 0.15) is 21.5 Å². The quantitative estimate of drug-likeness (QED) is 0.719. The van der Waals surface area contributed by atoms with Crippen LogP contribution in [0.15, 0.2) is 48.8 Å². The molecule has 76 valence electrons. The Kier molecular flexibility index (Phi) is 1.93. The summed E-state index contributed by atoms with van der Waals surface area (Å²) in [6.45, 7) is 0. The SMILES string of the molecule is O=C1C(c2ccncc2)=Cc2ccccc21. The molecule has 0 aliphatic heterocycles. The number of hydrogen-bond acceptors (Lipinski definition) is 2. The number of nitrogens with zero attached hydrogens (tertiary/aromatic N) is 1. The summed E-state index contributed by atoms with van der Waals surface area (Å²) in [6.07, 6.45) is 5.34. The van der Waals surface area contributed by atoms with E-state index >= 15 is 0 Å². The Hall–Kier alpha value is -2.22. The highest BCUT2D eigenvalue weighted by molar-refractivity contribution is 6.37. The van der Waals surface area contributed by atoms with Gasteiger partial charge in [-0.1, -0.05) is 24.3 Å². The van der Waals surface area contributed by atoms with Crippen LogP contribution in [-0.4, -0.2) is 10.8 Å². The van der Waals surface area contributed by atoms with E-state index in [4.69, 9.17) is 0 Å². The Morgan fingerprint density at radius 1 is 0.938 bits per heavy atom. The van der Waals surface area contributed by atoms with Gasteiger partial charge in [0.05, 0.1) is 0 Å². The Balaban J connectivity index is 2.13. The summed E-state index contributed by atoms with van der Waals surface area (Å²) in [4.78, 5) is 16.1. The van der Waals surface area contributed by atoms with Gasteiger partial charge in [0, 0.05) is 23.5 Å². The fourth-order valence-electron chi connectivity index (χ4n) is 1.94. The van der Waals surface area contributed by atoms with Crippen molar-refractivity contribution in [1.82, 2.24) is 4.98 Å². The minimum absolute atomic E-state index is 0.0989. The molecule has 1 aromatic heterocycles. The highest BCUT2D eigenvalue weighted by Gasteiger charge is 2.22. The first-order valence-corrected chi connectivity index (χ1v) is 5.12. The monoisotopic (exact) mass is 207 g/mol. The number of ketones is 1. The molecule has 0 spiro atoms. The van der Waals surface area contributed by atoms with Crippen molar-refractivity contribution in [1.29, 1.82) is 0 Å². The summed E-state index contributed by atoms with van der Waals surface area (Å²) < 4.78 is 0. The van der Waals surface area contributed by atoms with Gasteiger partial charge in [-0.05, 0) is 29.3 Å². The van der Waals surface area contributed by atoms with Crippen molar-refractivity contribution in [2.75, 3.05) is 0 Å². The third-order valence-corrected chi connectivity index (χ3v) is 2.74. The average molecular weight is 207 g/mol. The summed E-state index contributed by atoms with van der Waals surface area (Å²) >= 11 is 0. The maximum Gasteiger partial charge on any atom is 0.194 e. The molecule has 0 amide bonds. The van der Waals surface area contributed by atoms with Crippen LogP contribution in [0.5, 0.6) is 0 Å². The largest absolute Gasteiger partial charge is 0.289 e. The molecule has 1 heterocycles. The lowest BCUT2D eigenvalue weighted by Gasteiger charge is -1.99. The topological polar surface area (TPSA) is 30.0 Å². The van der Waals surface area contributed by atoms with Crippen LogP contribution >= 0.6 is 0 Å². The molecule has 0 radical (unpaired) electrons. The van der Waals surface area contributed by atoms with Gasteiger partial charge in [-0.15, -0.1) is 0 Å². The molecule has 1 aromatic carbocycles. The number of fused-ring (bicyclic) bond motifs is 1. The van der Waals surface area contributed by atoms with Crippen molar-refractivity contribution >= 4 is 17.4 Å². The standard InChI is InChI=1S/C14H9NO/c16-14-12-4-2-1-3-11(12)9-13(14)10-5-7-15-8-6-10/h1-9H. The second-order valence-electron chi connectivity index (χ2n) is 3.71. The molecule has 0 N–H and O–H groups in total. The van der Waals surface area contributed by atoms with E-state index in [1.54, 1.807) is 12.4 Å². The number of aromatic nitrogens is 1. The minimum atomic E-state index is 0.0989. The Bertz CT molecular complexity index is 585. The van der Waals surface area contributed by atoms with Gasteiger partial charge in [-0.2, -0.15) is 0 Å². The van der Waals surface area contributed by atoms with Crippen LogP contribution in [0.3, 0.4) is 0 Å². The molecule has 2 nitrogen and oxygen atoms in total. The van der Waals surface area contributed by atoms with Crippen LogP contribution in [0, 0.1) is 0 Å². The molecule has 1 aliphatic carbocycles. The van der Waals surface area contributed by atoms with E-state index in [-0.39, 0.29) is 5.78 Å². The van der Waals surface area contributed by atoms with Gasteiger partial charge in [0.15, 0.2) is 5.78 Å². The lowest BCUT2D eigenvalue weighted by molar-refractivity contribution is 0.105. The lowest BCUT2D eigenvalue weighted by atomic mass is 10.0. The molecule has 0 unspecified atom stereocenters. The highest BCUT2D eigenvalue weighted by atomic mass is 16.1. The zero-order valence-corrected chi connectivity index (χ0v) is 8.55. The highest BCUT2D eigenvalue weighted by Crippen LogP contribution is 2.30. The zero-order valence-electron chi connectivity index (χ0n) is 8.55. The first-order valence-electron chi connectivity index (χ1n) is 5.12. The molecule has 1 aliphatic rings. The third kappa shape index (κ3) is 1.27. The molecule has 0 fully saturated rings. The van der Waals surface area contributed by atoms with Crippen molar-refractivity contribution in [2.45, 2.75) is 0 Å². The first-order chi connectivity index (χ1) is 7.86. The molecule has 16 heavy (non-hydrogen) atoms.